The van der Waals surface area contributed by atoms with E-state index in [0.29, 0.717) is 0 Å². The van der Waals surface area contributed by atoms with Gasteiger partial charge in [-0.05, 0) is 55.9 Å². The average Bonchev–Trinajstić information content (AvgIpc) is 2.54. The zero-order chi connectivity index (χ0) is 8.34. The summed E-state index contributed by atoms with van der Waals surface area (Å²) in [6, 6.07) is 0.873. The molecule has 5 unspecified atom stereocenters. The molecule has 1 heteroatoms. The molecule has 0 radical (unpaired) electrons. The van der Waals surface area contributed by atoms with E-state index >= 15 is 0 Å². The minimum atomic E-state index is 0.777. The maximum Gasteiger partial charge on any atom is 0.0126 e. The molecule has 12 heavy (non-hydrogen) atoms. The van der Waals surface area contributed by atoms with Gasteiger partial charge in [0, 0.05) is 6.04 Å². The highest BCUT2D eigenvalue weighted by Gasteiger charge is 2.65. The zero-order valence-electron chi connectivity index (χ0n) is 8.14. The Balaban J connectivity index is 1.91. The van der Waals surface area contributed by atoms with Gasteiger partial charge in [0.2, 0.25) is 0 Å². The maximum atomic E-state index is 3.51. The van der Waals surface area contributed by atoms with Gasteiger partial charge in [-0.25, -0.2) is 0 Å². The number of hydrogen-bond donors (Lipinski definition) is 1. The lowest BCUT2D eigenvalue weighted by molar-refractivity contribution is -0.0202. The van der Waals surface area contributed by atoms with Crippen molar-refractivity contribution < 1.29 is 0 Å². The predicted molar refractivity (Wildman–Crippen MR) is 49.9 cm³/mol. The molecule has 3 fully saturated rings. The van der Waals surface area contributed by atoms with Crippen LogP contribution in [0.25, 0.3) is 0 Å². The van der Waals surface area contributed by atoms with Gasteiger partial charge in [-0.2, -0.15) is 0 Å². The van der Waals surface area contributed by atoms with Crippen LogP contribution < -0.4 is 5.32 Å². The fourth-order valence-electron chi connectivity index (χ4n) is 4.54. The lowest BCUT2D eigenvalue weighted by Crippen LogP contribution is -2.57. The van der Waals surface area contributed by atoms with E-state index in [1.54, 1.807) is 6.42 Å². The molecule has 3 aliphatic carbocycles. The van der Waals surface area contributed by atoms with E-state index in [1.165, 1.54) is 19.3 Å². The predicted octanol–water partition coefficient (Wildman–Crippen LogP) is 2.03. The molecular formula is C11H19N. The van der Waals surface area contributed by atoms with E-state index in [0.717, 1.165) is 29.2 Å². The molecular weight excluding hydrogens is 146 g/mol. The van der Waals surface area contributed by atoms with E-state index in [-0.39, 0.29) is 0 Å². The summed E-state index contributed by atoms with van der Waals surface area (Å²) in [5.41, 5.74) is 0.777. The summed E-state index contributed by atoms with van der Waals surface area (Å²) in [7, 11) is 2.14. The Labute approximate surface area is 74.9 Å². The van der Waals surface area contributed by atoms with Crippen LogP contribution in [-0.4, -0.2) is 13.1 Å². The molecule has 3 rings (SSSR count). The largest absolute Gasteiger partial charge is 0.316 e. The fourth-order valence-corrected chi connectivity index (χ4v) is 4.54. The Hall–Kier alpha value is -0.0400. The Bertz CT molecular complexity index is 213. The van der Waals surface area contributed by atoms with Gasteiger partial charge < -0.3 is 5.32 Å². The van der Waals surface area contributed by atoms with Gasteiger partial charge in [0.15, 0.2) is 0 Å². The van der Waals surface area contributed by atoms with Crippen molar-refractivity contribution in [2.75, 3.05) is 7.05 Å². The summed E-state index contributed by atoms with van der Waals surface area (Å²) in [4.78, 5) is 0. The molecule has 0 amide bonds. The Morgan fingerprint density at radius 3 is 2.92 bits per heavy atom. The van der Waals surface area contributed by atoms with Gasteiger partial charge in [-0.1, -0.05) is 6.92 Å². The first-order valence-corrected chi connectivity index (χ1v) is 5.45. The molecule has 1 nitrogen and oxygen atoms in total. The Morgan fingerprint density at radius 2 is 2.25 bits per heavy atom. The van der Waals surface area contributed by atoms with Crippen LogP contribution in [0.4, 0.5) is 0 Å². The molecule has 3 saturated carbocycles. The number of hydrogen-bond acceptors (Lipinski definition) is 1. The highest BCUT2D eigenvalue weighted by atomic mass is 15.0. The van der Waals surface area contributed by atoms with Crippen LogP contribution in [0.5, 0.6) is 0 Å². The summed E-state index contributed by atoms with van der Waals surface area (Å²) in [6.07, 6.45) is 6.06. The maximum absolute atomic E-state index is 3.51. The molecule has 68 valence electrons. The molecule has 3 aliphatic rings. The molecule has 0 aromatic heterocycles. The topological polar surface area (TPSA) is 12.0 Å². The first-order valence-electron chi connectivity index (χ1n) is 5.45. The standard InChI is InChI=1S/C11H19N/c1-7-8-3-4-11(6-8)9(7)5-10(11)12-2/h7-10,12H,3-6H2,1-2H3. The molecule has 0 saturated heterocycles. The van der Waals surface area contributed by atoms with Crippen LogP contribution in [0.1, 0.15) is 32.6 Å². The summed E-state index contributed by atoms with van der Waals surface area (Å²) in [5, 5.41) is 3.51. The van der Waals surface area contributed by atoms with E-state index in [4.69, 9.17) is 0 Å². The van der Waals surface area contributed by atoms with Crippen LogP contribution in [0.3, 0.4) is 0 Å². The molecule has 1 N–H and O–H groups in total. The van der Waals surface area contributed by atoms with Crippen LogP contribution >= 0.6 is 0 Å². The summed E-state index contributed by atoms with van der Waals surface area (Å²) in [6.45, 7) is 2.49. The van der Waals surface area contributed by atoms with E-state index in [2.05, 4.69) is 19.3 Å². The van der Waals surface area contributed by atoms with Crippen molar-refractivity contribution in [2.24, 2.45) is 23.2 Å². The smallest absolute Gasteiger partial charge is 0.0126 e. The van der Waals surface area contributed by atoms with E-state index in [9.17, 15) is 0 Å². The molecule has 0 aliphatic heterocycles. The van der Waals surface area contributed by atoms with Gasteiger partial charge in [0.05, 0.1) is 0 Å². The van der Waals surface area contributed by atoms with Gasteiger partial charge in [0.25, 0.3) is 0 Å². The minimum Gasteiger partial charge on any atom is -0.316 e. The molecule has 0 heterocycles. The van der Waals surface area contributed by atoms with Crippen molar-refractivity contribution in [3.8, 4) is 0 Å². The molecule has 1 spiro atoms. The molecule has 2 bridgehead atoms. The second kappa shape index (κ2) is 2.06. The summed E-state index contributed by atoms with van der Waals surface area (Å²) >= 11 is 0. The van der Waals surface area contributed by atoms with Gasteiger partial charge in [-0.3, -0.25) is 0 Å². The van der Waals surface area contributed by atoms with Crippen molar-refractivity contribution in [1.29, 1.82) is 0 Å². The zero-order valence-corrected chi connectivity index (χ0v) is 8.14. The first kappa shape index (κ1) is 7.37. The third kappa shape index (κ3) is 0.585. The SMILES string of the molecule is CNC1CC2C(C)C3CCC12C3. The summed E-state index contributed by atoms with van der Waals surface area (Å²) < 4.78 is 0. The second-order valence-corrected chi connectivity index (χ2v) is 5.28. The fraction of sp³-hybridized carbons (Fsp3) is 1.00. The number of nitrogens with one attached hydrogen (secondary N) is 1. The van der Waals surface area contributed by atoms with Crippen LogP contribution in [0, 0.1) is 23.2 Å². The summed E-state index contributed by atoms with van der Waals surface area (Å²) in [5.74, 6) is 3.23. The highest BCUT2D eigenvalue weighted by molar-refractivity contribution is 5.17. The molecule has 5 atom stereocenters. The lowest BCUT2D eigenvalue weighted by Gasteiger charge is -2.54. The van der Waals surface area contributed by atoms with Crippen molar-refractivity contribution in [1.82, 2.24) is 5.32 Å². The van der Waals surface area contributed by atoms with E-state index in [1.807, 2.05) is 0 Å². The van der Waals surface area contributed by atoms with Crippen LogP contribution in [0.15, 0.2) is 0 Å². The van der Waals surface area contributed by atoms with Crippen LogP contribution in [-0.2, 0) is 0 Å². The number of rotatable bonds is 1. The van der Waals surface area contributed by atoms with Gasteiger partial charge in [0.1, 0.15) is 0 Å². The molecule has 0 aromatic carbocycles. The van der Waals surface area contributed by atoms with Crippen molar-refractivity contribution >= 4 is 0 Å². The highest BCUT2D eigenvalue weighted by Crippen LogP contribution is 2.69. The quantitative estimate of drug-likeness (QED) is 0.627. The lowest BCUT2D eigenvalue weighted by atomic mass is 9.54. The first-order chi connectivity index (χ1) is 5.78. The van der Waals surface area contributed by atoms with Crippen LogP contribution in [0.2, 0.25) is 0 Å². The Kier molecular flexibility index (Phi) is 1.27. The third-order valence-electron chi connectivity index (χ3n) is 5.27. The van der Waals surface area contributed by atoms with E-state index < -0.39 is 0 Å². The molecule has 0 aromatic rings. The van der Waals surface area contributed by atoms with Gasteiger partial charge in [-0.15, -0.1) is 0 Å². The van der Waals surface area contributed by atoms with Crippen molar-refractivity contribution in [3.05, 3.63) is 0 Å². The van der Waals surface area contributed by atoms with Gasteiger partial charge >= 0.3 is 0 Å². The normalized spacial score (nSPS) is 61.5. The second-order valence-electron chi connectivity index (χ2n) is 5.28. The van der Waals surface area contributed by atoms with Crippen molar-refractivity contribution in [3.63, 3.8) is 0 Å². The van der Waals surface area contributed by atoms with Crippen molar-refractivity contribution in [2.45, 2.75) is 38.6 Å². The average molecular weight is 165 g/mol. The number of fused-ring (bicyclic) bond motifs is 1. The third-order valence-corrected chi connectivity index (χ3v) is 5.27. The minimum absolute atomic E-state index is 0.777. The monoisotopic (exact) mass is 165 g/mol. The Morgan fingerprint density at radius 1 is 1.42 bits per heavy atom.